The molecule has 46 heavy (non-hydrogen) atoms. The Kier molecular flexibility index (Phi) is 5.29. The first-order valence-electron chi connectivity index (χ1n) is 15.6. The Labute approximate surface area is 271 Å². The van der Waals surface area contributed by atoms with E-state index in [-0.39, 0.29) is 0 Å². The van der Waals surface area contributed by atoms with Crippen LogP contribution in [0.3, 0.4) is 0 Å². The molecule has 0 radical (unpaired) electrons. The number of para-hydroxylation sites is 2. The Morgan fingerprint density at radius 1 is 0.457 bits per heavy atom. The van der Waals surface area contributed by atoms with E-state index in [9.17, 15) is 0 Å². The van der Waals surface area contributed by atoms with Crippen LogP contribution in [0, 0.1) is 0 Å². The zero-order chi connectivity index (χ0) is 30.4. The first kappa shape index (κ1) is 25.7. The van der Waals surface area contributed by atoms with Gasteiger partial charge in [-0.15, -0.1) is 0 Å². The quantitative estimate of drug-likeness (QED) is 0.199. The zero-order valence-electron chi connectivity index (χ0n) is 24.7. The van der Waals surface area contributed by atoms with E-state index in [2.05, 4.69) is 144 Å². The molecule has 0 saturated carbocycles. The van der Waals surface area contributed by atoms with Crippen molar-refractivity contribution >= 4 is 50.6 Å². The number of fused-ring (bicyclic) bond motifs is 13. The average molecular weight is 608 g/mol. The molecule has 0 atom stereocenters. The van der Waals surface area contributed by atoms with E-state index in [0.717, 1.165) is 44.0 Å². The summed E-state index contributed by atoms with van der Waals surface area (Å²) in [6.45, 7) is 0. The fourth-order valence-corrected chi connectivity index (χ4v) is 8.36. The lowest BCUT2D eigenvalue weighted by Crippen LogP contribution is -2.26. The molecule has 8 aromatic rings. The number of benzene rings is 7. The molecule has 216 valence electrons. The zero-order valence-corrected chi connectivity index (χ0v) is 25.5. The van der Waals surface area contributed by atoms with Crippen molar-refractivity contribution in [1.82, 2.24) is 0 Å². The third kappa shape index (κ3) is 3.32. The van der Waals surface area contributed by atoms with Crippen molar-refractivity contribution in [3.8, 4) is 22.3 Å². The second-order valence-electron chi connectivity index (χ2n) is 12.2. The van der Waals surface area contributed by atoms with Gasteiger partial charge in [0, 0.05) is 21.8 Å². The Bertz CT molecular complexity index is 2460. The molecule has 0 unspecified atom stereocenters. The van der Waals surface area contributed by atoms with E-state index >= 15 is 0 Å². The normalized spacial score (nSPS) is 13.5. The Hall–Kier alpha value is -5.57. The monoisotopic (exact) mass is 607 g/mol. The fourth-order valence-electron chi connectivity index (χ4n) is 8.19. The summed E-state index contributed by atoms with van der Waals surface area (Å²) >= 11 is 6.80. The molecule has 2 aliphatic rings. The summed E-state index contributed by atoms with van der Waals surface area (Å²) in [5.74, 6) is 0. The maximum absolute atomic E-state index is 6.80. The third-order valence-corrected chi connectivity index (χ3v) is 10.2. The van der Waals surface area contributed by atoms with Crippen molar-refractivity contribution in [2.24, 2.45) is 0 Å². The molecule has 10 rings (SSSR count). The van der Waals surface area contributed by atoms with Gasteiger partial charge in [0.2, 0.25) is 0 Å². The fraction of sp³-hybridized carbons (Fsp3) is 0.0233. The van der Waals surface area contributed by atoms with E-state index in [1.54, 1.807) is 0 Å². The van der Waals surface area contributed by atoms with E-state index in [4.69, 9.17) is 16.0 Å². The highest BCUT2D eigenvalue weighted by molar-refractivity contribution is 6.31. The highest BCUT2D eigenvalue weighted by Crippen LogP contribution is 2.63. The van der Waals surface area contributed by atoms with Crippen LogP contribution in [0.2, 0.25) is 5.02 Å². The lowest BCUT2D eigenvalue weighted by atomic mass is 9.70. The standard InChI is InChI=1S/C43H26ClNO/c44-27-21-23-32-33-24-22-29(26-38(33)43(37(32)25-27)35-16-7-4-13-30(35)31-14-5-8-17-36(31)43)45(28-11-2-1-3-12-28)39-18-10-20-41-42(39)34-15-6-9-19-40(34)46-41/h1-26H. The van der Waals surface area contributed by atoms with Crippen LogP contribution < -0.4 is 4.90 Å². The molecule has 2 aliphatic carbocycles. The summed E-state index contributed by atoms with van der Waals surface area (Å²) in [5.41, 5.74) is 14.6. The van der Waals surface area contributed by atoms with Crippen LogP contribution in [-0.4, -0.2) is 0 Å². The predicted molar refractivity (Wildman–Crippen MR) is 190 cm³/mol. The summed E-state index contributed by atoms with van der Waals surface area (Å²) in [6, 6.07) is 56.4. The topological polar surface area (TPSA) is 16.4 Å². The molecule has 0 fully saturated rings. The Morgan fingerprint density at radius 3 is 1.85 bits per heavy atom. The van der Waals surface area contributed by atoms with Gasteiger partial charge in [0.05, 0.1) is 16.5 Å². The molecule has 3 heteroatoms. The van der Waals surface area contributed by atoms with Crippen LogP contribution in [0.5, 0.6) is 0 Å². The van der Waals surface area contributed by atoms with Gasteiger partial charge in [-0.2, -0.15) is 0 Å². The van der Waals surface area contributed by atoms with Gasteiger partial charge >= 0.3 is 0 Å². The van der Waals surface area contributed by atoms with Crippen LogP contribution in [0.15, 0.2) is 162 Å². The van der Waals surface area contributed by atoms with Crippen LogP contribution in [0.1, 0.15) is 22.3 Å². The molecule has 0 saturated heterocycles. The maximum Gasteiger partial charge on any atom is 0.137 e. The second-order valence-corrected chi connectivity index (χ2v) is 12.6. The van der Waals surface area contributed by atoms with E-state index in [1.165, 1.54) is 44.5 Å². The van der Waals surface area contributed by atoms with Gasteiger partial charge in [0.15, 0.2) is 0 Å². The van der Waals surface area contributed by atoms with E-state index in [1.807, 2.05) is 18.2 Å². The predicted octanol–water partition coefficient (Wildman–Crippen LogP) is 12.1. The number of furan rings is 1. The van der Waals surface area contributed by atoms with E-state index < -0.39 is 5.41 Å². The smallest absolute Gasteiger partial charge is 0.137 e. The van der Waals surface area contributed by atoms with Gasteiger partial charge in [-0.05, 0) is 99.1 Å². The molecular weight excluding hydrogens is 582 g/mol. The third-order valence-electron chi connectivity index (χ3n) is 9.93. The molecule has 1 spiro atoms. The van der Waals surface area contributed by atoms with Crippen molar-refractivity contribution < 1.29 is 4.42 Å². The van der Waals surface area contributed by atoms with Crippen molar-refractivity contribution in [3.05, 3.63) is 185 Å². The summed E-state index contributed by atoms with van der Waals surface area (Å²) in [6.07, 6.45) is 0. The summed E-state index contributed by atoms with van der Waals surface area (Å²) in [7, 11) is 0. The van der Waals surface area contributed by atoms with Crippen molar-refractivity contribution in [1.29, 1.82) is 0 Å². The number of anilines is 3. The van der Waals surface area contributed by atoms with Crippen LogP contribution in [-0.2, 0) is 5.41 Å². The molecule has 0 N–H and O–H groups in total. The van der Waals surface area contributed by atoms with Crippen LogP contribution >= 0.6 is 11.6 Å². The molecule has 0 amide bonds. The van der Waals surface area contributed by atoms with Gasteiger partial charge in [-0.1, -0.05) is 115 Å². The van der Waals surface area contributed by atoms with Crippen molar-refractivity contribution in [3.63, 3.8) is 0 Å². The van der Waals surface area contributed by atoms with Crippen molar-refractivity contribution in [2.45, 2.75) is 5.41 Å². The number of nitrogens with zero attached hydrogens (tertiary/aromatic N) is 1. The molecule has 7 aromatic carbocycles. The molecule has 2 nitrogen and oxygen atoms in total. The van der Waals surface area contributed by atoms with Crippen molar-refractivity contribution in [2.75, 3.05) is 4.90 Å². The first-order chi connectivity index (χ1) is 22.7. The molecule has 0 bridgehead atoms. The summed E-state index contributed by atoms with van der Waals surface area (Å²) < 4.78 is 6.36. The SMILES string of the molecule is Clc1ccc2c(c1)C1(c3ccccc3-c3ccccc31)c1cc(N(c3ccccc3)c3cccc4oc5ccccc5c34)ccc1-2. The lowest BCUT2D eigenvalue weighted by molar-refractivity contribution is 0.669. The lowest BCUT2D eigenvalue weighted by Gasteiger charge is -2.32. The van der Waals surface area contributed by atoms with Gasteiger partial charge < -0.3 is 9.32 Å². The second kappa shape index (κ2) is 9.47. The minimum atomic E-state index is -0.491. The van der Waals surface area contributed by atoms with Gasteiger partial charge in [-0.25, -0.2) is 0 Å². The number of hydrogen-bond acceptors (Lipinski definition) is 2. The minimum absolute atomic E-state index is 0.491. The Morgan fingerprint density at radius 2 is 1.07 bits per heavy atom. The van der Waals surface area contributed by atoms with Crippen LogP contribution in [0.25, 0.3) is 44.2 Å². The largest absolute Gasteiger partial charge is 0.456 e. The highest BCUT2D eigenvalue weighted by atomic mass is 35.5. The van der Waals surface area contributed by atoms with Crippen LogP contribution in [0.4, 0.5) is 17.1 Å². The van der Waals surface area contributed by atoms with Gasteiger partial charge in [0.25, 0.3) is 0 Å². The number of halogens is 1. The first-order valence-corrected chi connectivity index (χ1v) is 16.0. The number of rotatable bonds is 3. The summed E-state index contributed by atoms with van der Waals surface area (Å²) in [5, 5.41) is 2.95. The van der Waals surface area contributed by atoms with Gasteiger partial charge in [-0.3, -0.25) is 0 Å². The molecule has 1 heterocycles. The highest BCUT2D eigenvalue weighted by Gasteiger charge is 2.51. The average Bonchev–Trinajstić information content (AvgIpc) is 3.73. The number of hydrogen-bond donors (Lipinski definition) is 0. The minimum Gasteiger partial charge on any atom is -0.456 e. The summed E-state index contributed by atoms with van der Waals surface area (Å²) in [4.78, 5) is 2.38. The Balaban J connectivity index is 1.30. The molecule has 1 aromatic heterocycles. The maximum atomic E-state index is 6.80. The van der Waals surface area contributed by atoms with Gasteiger partial charge in [0.1, 0.15) is 11.2 Å². The molecule has 0 aliphatic heterocycles. The van der Waals surface area contributed by atoms with E-state index in [0.29, 0.717) is 0 Å². The molecular formula is C43H26ClNO.